The van der Waals surface area contributed by atoms with Crippen molar-refractivity contribution in [1.82, 2.24) is 4.98 Å². The molecule has 1 aliphatic heterocycles. The minimum absolute atomic E-state index is 0.576. The van der Waals surface area contributed by atoms with Gasteiger partial charge in [0, 0.05) is 12.0 Å². The van der Waals surface area contributed by atoms with Crippen LogP contribution in [-0.2, 0) is 13.2 Å². The molecule has 1 aliphatic carbocycles. The van der Waals surface area contributed by atoms with Crippen LogP contribution in [0.3, 0.4) is 0 Å². The van der Waals surface area contributed by atoms with Gasteiger partial charge in [-0.3, -0.25) is 0 Å². The Morgan fingerprint density at radius 3 is 3.27 bits per heavy atom. The summed E-state index contributed by atoms with van der Waals surface area (Å²) in [6.07, 6.45) is 4.78. The Morgan fingerprint density at radius 1 is 1.27 bits per heavy atom. The second-order valence-corrected chi connectivity index (χ2v) is 3.98. The molecule has 0 amide bonds. The molecule has 0 unspecified atom stereocenters. The van der Waals surface area contributed by atoms with Crippen molar-refractivity contribution in [3.63, 3.8) is 0 Å². The van der Waals surface area contributed by atoms with E-state index >= 15 is 0 Å². The zero-order valence-corrected chi connectivity index (χ0v) is 8.10. The van der Waals surface area contributed by atoms with Crippen LogP contribution in [0.15, 0.2) is 30.7 Å². The molecular formula is C12H9N2O+. The molecule has 1 aromatic carbocycles. The number of benzene rings is 1. The standard InChI is InChI=1S/C12H9N2O/c1-2-8-4-9-5-13-6-14-7-15-10(3-1)11(8)12(9)14/h1-3,5-6H,4,7H2/q+1. The second-order valence-electron chi connectivity index (χ2n) is 3.98. The number of hydrogen-bond acceptors (Lipinski definition) is 2. The van der Waals surface area contributed by atoms with Crippen molar-refractivity contribution in [2.75, 3.05) is 0 Å². The van der Waals surface area contributed by atoms with E-state index in [1.807, 2.05) is 18.6 Å². The van der Waals surface area contributed by atoms with Crippen molar-refractivity contribution in [1.29, 1.82) is 0 Å². The zero-order chi connectivity index (χ0) is 9.83. The normalized spacial score (nSPS) is 14.7. The third-order valence-electron chi connectivity index (χ3n) is 3.12. The largest absolute Gasteiger partial charge is 0.454 e. The van der Waals surface area contributed by atoms with Crippen molar-refractivity contribution in [2.45, 2.75) is 13.2 Å². The number of ether oxygens (including phenoxy) is 1. The average Bonchev–Trinajstić information content (AvgIpc) is 2.66. The number of hydrogen-bond donors (Lipinski definition) is 0. The summed E-state index contributed by atoms with van der Waals surface area (Å²) < 4.78 is 7.76. The molecule has 0 atom stereocenters. The highest BCUT2D eigenvalue weighted by molar-refractivity contribution is 5.77. The summed E-state index contributed by atoms with van der Waals surface area (Å²) in [5.41, 5.74) is 5.22. The lowest BCUT2D eigenvalue weighted by Crippen LogP contribution is -2.41. The van der Waals surface area contributed by atoms with Gasteiger partial charge in [-0.15, -0.1) is 0 Å². The number of rotatable bonds is 0. The average molecular weight is 197 g/mol. The van der Waals surface area contributed by atoms with Crippen molar-refractivity contribution < 1.29 is 9.30 Å². The summed E-state index contributed by atoms with van der Waals surface area (Å²) in [5.74, 6) is 1.01. The van der Waals surface area contributed by atoms with Crippen LogP contribution in [0, 0.1) is 0 Å². The van der Waals surface area contributed by atoms with E-state index in [1.54, 1.807) is 0 Å². The van der Waals surface area contributed by atoms with E-state index in [1.165, 1.54) is 22.4 Å². The molecule has 2 aliphatic rings. The van der Waals surface area contributed by atoms with Crippen LogP contribution in [0.25, 0.3) is 11.3 Å². The van der Waals surface area contributed by atoms with Crippen LogP contribution in [0.4, 0.5) is 0 Å². The van der Waals surface area contributed by atoms with Gasteiger partial charge >= 0.3 is 0 Å². The second kappa shape index (κ2) is 2.37. The minimum Gasteiger partial charge on any atom is -0.454 e. The first-order valence-electron chi connectivity index (χ1n) is 5.05. The lowest BCUT2D eigenvalue weighted by molar-refractivity contribution is -0.720. The molecule has 2 aromatic rings. The molecule has 2 heterocycles. The first-order valence-corrected chi connectivity index (χ1v) is 5.05. The lowest BCUT2D eigenvalue weighted by Gasteiger charge is -2.16. The van der Waals surface area contributed by atoms with Crippen LogP contribution in [0.1, 0.15) is 11.1 Å². The Morgan fingerprint density at radius 2 is 2.27 bits per heavy atom. The highest BCUT2D eigenvalue weighted by atomic mass is 16.5. The molecule has 15 heavy (non-hydrogen) atoms. The van der Waals surface area contributed by atoms with Crippen LogP contribution >= 0.6 is 0 Å². The highest BCUT2D eigenvalue weighted by Gasteiger charge is 2.32. The summed E-state index contributed by atoms with van der Waals surface area (Å²) in [6, 6.07) is 6.26. The zero-order valence-electron chi connectivity index (χ0n) is 8.10. The minimum atomic E-state index is 0.576. The molecule has 0 fully saturated rings. The first-order chi connectivity index (χ1) is 7.43. The van der Waals surface area contributed by atoms with Crippen molar-refractivity contribution in [3.8, 4) is 17.0 Å². The Kier molecular flexibility index (Phi) is 1.17. The monoisotopic (exact) mass is 197 g/mol. The van der Waals surface area contributed by atoms with Gasteiger partial charge in [0.05, 0.1) is 5.56 Å². The molecule has 0 saturated heterocycles. The molecule has 0 radical (unpaired) electrons. The lowest BCUT2D eigenvalue weighted by atomic mass is 10.1. The van der Waals surface area contributed by atoms with Gasteiger partial charge in [-0.05, 0) is 11.6 Å². The van der Waals surface area contributed by atoms with Crippen LogP contribution in [-0.4, -0.2) is 4.98 Å². The smallest absolute Gasteiger partial charge is 0.289 e. The van der Waals surface area contributed by atoms with E-state index in [0.29, 0.717) is 6.73 Å². The summed E-state index contributed by atoms with van der Waals surface area (Å²) in [5, 5.41) is 0. The third-order valence-corrected chi connectivity index (χ3v) is 3.12. The summed E-state index contributed by atoms with van der Waals surface area (Å²) in [4.78, 5) is 4.22. The maximum atomic E-state index is 5.69. The SMILES string of the molecule is c1cc2c3c(c1)OC[n+]1cncc(c1-3)C2. The Hall–Kier alpha value is -1.90. The van der Waals surface area contributed by atoms with Gasteiger partial charge < -0.3 is 4.74 Å². The molecule has 4 rings (SSSR count). The Labute approximate surface area is 87.0 Å². The molecule has 3 heteroatoms. The van der Waals surface area contributed by atoms with E-state index in [-0.39, 0.29) is 0 Å². The fraction of sp³-hybridized carbons (Fsp3) is 0.167. The van der Waals surface area contributed by atoms with Crippen LogP contribution in [0.2, 0.25) is 0 Å². The summed E-state index contributed by atoms with van der Waals surface area (Å²) in [7, 11) is 0. The molecule has 0 N–H and O–H groups in total. The van der Waals surface area contributed by atoms with Crippen molar-refractivity contribution in [2.24, 2.45) is 0 Å². The van der Waals surface area contributed by atoms with Gasteiger partial charge in [0.1, 0.15) is 17.6 Å². The van der Waals surface area contributed by atoms with Crippen LogP contribution in [0.5, 0.6) is 5.75 Å². The van der Waals surface area contributed by atoms with Crippen molar-refractivity contribution in [3.05, 3.63) is 41.9 Å². The van der Waals surface area contributed by atoms with Gasteiger partial charge in [0.2, 0.25) is 6.73 Å². The fourth-order valence-electron chi connectivity index (χ4n) is 2.50. The first kappa shape index (κ1) is 7.40. The molecule has 72 valence electrons. The number of nitrogens with zero attached hydrogens (tertiary/aromatic N) is 2. The predicted molar refractivity (Wildman–Crippen MR) is 53.3 cm³/mol. The molecule has 1 aromatic heterocycles. The maximum absolute atomic E-state index is 5.69. The highest BCUT2D eigenvalue weighted by Crippen LogP contribution is 2.41. The fourth-order valence-corrected chi connectivity index (χ4v) is 2.50. The van der Waals surface area contributed by atoms with E-state index in [9.17, 15) is 0 Å². The predicted octanol–water partition coefficient (Wildman–Crippen LogP) is 1.29. The topological polar surface area (TPSA) is 26.0 Å². The summed E-state index contributed by atoms with van der Waals surface area (Å²) in [6.45, 7) is 0.576. The maximum Gasteiger partial charge on any atom is 0.289 e. The van der Waals surface area contributed by atoms with Crippen molar-refractivity contribution >= 4 is 0 Å². The van der Waals surface area contributed by atoms with Gasteiger partial charge in [0.15, 0.2) is 0 Å². The van der Waals surface area contributed by atoms with E-state index < -0.39 is 0 Å². The number of aromatic nitrogens is 2. The van der Waals surface area contributed by atoms with Gasteiger partial charge in [-0.25, -0.2) is 0 Å². The van der Waals surface area contributed by atoms with Crippen LogP contribution < -0.4 is 9.30 Å². The molecule has 0 saturated carbocycles. The van der Waals surface area contributed by atoms with Gasteiger partial charge in [-0.1, -0.05) is 17.1 Å². The van der Waals surface area contributed by atoms with Gasteiger partial charge in [0.25, 0.3) is 6.33 Å². The summed E-state index contributed by atoms with van der Waals surface area (Å²) >= 11 is 0. The van der Waals surface area contributed by atoms with Gasteiger partial charge in [-0.2, -0.15) is 4.57 Å². The molecule has 3 nitrogen and oxygen atoms in total. The third kappa shape index (κ3) is 0.807. The Balaban J connectivity index is 2.18. The Bertz CT molecular complexity index is 526. The molecular weight excluding hydrogens is 188 g/mol. The quantitative estimate of drug-likeness (QED) is 0.507. The van der Waals surface area contributed by atoms with E-state index in [0.717, 1.165) is 12.2 Å². The van der Waals surface area contributed by atoms with E-state index in [4.69, 9.17) is 4.74 Å². The molecule has 0 bridgehead atoms. The van der Waals surface area contributed by atoms with E-state index in [2.05, 4.69) is 21.7 Å². The molecule has 0 spiro atoms.